The van der Waals surface area contributed by atoms with Crippen LogP contribution in [-0.2, 0) is 14.3 Å². The number of hydrogen-bond donors (Lipinski definition) is 1. The molecule has 1 N–H and O–H groups in total. The largest absolute Gasteiger partial charge is 0.424 e. The predicted octanol–water partition coefficient (Wildman–Crippen LogP) is 5.53. The molecule has 2 aliphatic heterocycles. The smallest absolute Gasteiger partial charge is 0.322 e. The van der Waals surface area contributed by atoms with Crippen molar-refractivity contribution >= 4 is 5.91 Å². The summed E-state index contributed by atoms with van der Waals surface area (Å²) in [7, 11) is 0. The first kappa shape index (κ1) is 26.1. The van der Waals surface area contributed by atoms with Gasteiger partial charge in [-0.3, -0.25) is 4.79 Å². The van der Waals surface area contributed by atoms with E-state index in [1.807, 2.05) is 42.2 Å². The van der Waals surface area contributed by atoms with Crippen LogP contribution in [0.4, 0.5) is 4.39 Å². The molecule has 0 saturated carbocycles. The van der Waals surface area contributed by atoms with E-state index in [0.29, 0.717) is 34.2 Å². The van der Waals surface area contributed by atoms with Crippen molar-refractivity contribution in [2.75, 3.05) is 26.3 Å². The van der Waals surface area contributed by atoms with E-state index in [1.54, 1.807) is 24.4 Å². The molecule has 40 heavy (non-hydrogen) atoms. The van der Waals surface area contributed by atoms with Crippen molar-refractivity contribution in [3.05, 3.63) is 78.5 Å². The molecule has 2 saturated heterocycles. The molecule has 2 aromatic carbocycles. The van der Waals surface area contributed by atoms with Crippen molar-refractivity contribution in [3.8, 4) is 34.4 Å². The molecule has 0 unspecified atom stereocenters. The molecule has 6 rings (SSSR count). The average molecular weight is 544 g/mol. The number of carbonyl (C=O) groups excluding carboxylic acids is 1. The van der Waals surface area contributed by atoms with Crippen LogP contribution in [0, 0.1) is 11.2 Å². The molecule has 1 amide bonds. The Labute approximate surface area is 231 Å². The SMILES string of the molecule is CC1(C(=O)N2CCCCC2)COC(c2nc(-c3ccc(F)cc3)c(-c3ccnc(Oc4ccccc4)n3)[nH]2)OC1. The first-order chi connectivity index (χ1) is 19.5. The molecule has 0 spiro atoms. The van der Waals surface area contributed by atoms with Crippen LogP contribution in [0.25, 0.3) is 22.6 Å². The lowest BCUT2D eigenvalue weighted by atomic mass is 9.89. The van der Waals surface area contributed by atoms with E-state index < -0.39 is 11.7 Å². The molecular formula is C30H30FN5O4. The van der Waals surface area contributed by atoms with Gasteiger partial charge in [-0.2, -0.15) is 4.98 Å². The molecule has 4 aromatic rings. The monoisotopic (exact) mass is 543 g/mol. The van der Waals surface area contributed by atoms with Crippen molar-refractivity contribution in [2.24, 2.45) is 5.41 Å². The lowest BCUT2D eigenvalue weighted by molar-refractivity contribution is -0.234. The Balaban J connectivity index is 1.27. The van der Waals surface area contributed by atoms with E-state index >= 15 is 0 Å². The summed E-state index contributed by atoms with van der Waals surface area (Å²) in [4.78, 5) is 32.0. The Bertz CT molecular complexity index is 1460. The summed E-state index contributed by atoms with van der Waals surface area (Å²) in [6.45, 7) is 3.84. The number of aromatic amines is 1. The number of amides is 1. The van der Waals surface area contributed by atoms with Crippen LogP contribution in [-0.4, -0.2) is 57.0 Å². The second-order valence-electron chi connectivity index (χ2n) is 10.4. The van der Waals surface area contributed by atoms with Gasteiger partial charge >= 0.3 is 6.01 Å². The minimum Gasteiger partial charge on any atom is -0.424 e. The summed E-state index contributed by atoms with van der Waals surface area (Å²) in [5.74, 6) is 0.740. The van der Waals surface area contributed by atoms with Gasteiger partial charge in [0, 0.05) is 24.8 Å². The van der Waals surface area contributed by atoms with Gasteiger partial charge in [0.05, 0.1) is 35.7 Å². The number of H-pyrrole nitrogens is 1. The summed E-state index contributed by atoms with van der Waals surface area (Å²) in [6.07, 6.45) is 3.99. The van der Waals surface area contributed by atoms with Crippen molar-refractivity contribution < 1.29 is 23.4 Å². The highest BCUT2D eigenvalue weighted by Crippen LogP contribution is 2.37. The number of nitrogens with one attached hydrogen (secondary N) is 1. The standard InChI is InChI=1S/C30H30FN5O4/c1-30(28(37)36-16-6-3-7-17-36)18-38-27(39-19-30)26-34-24(20-10-12-21(31)13-11-20)25(35-26)23-14-15-32-29(33-23)40-22-8-4-2-5-9-22/h2,4-5,8-15,27H,3,6-7,16-19H2,1H3,(H,34,35). The van der Waals surface area contributed by atoms with Crippen LogP contribution in [0.1, 0.15) is 38.3 Å². The maximum absolute atomic E-state index is 13.7. The van der Waals surface area contributed by atoms with E-state index in [-0.39, 0.29) is 30.9 Å². The molecule has 4 heterocycles. The van der Waals surface area contributed by atoms with Crippen LogP contribution in [0.15, 0.2) is 66.9 Å². The van der Waals surface area contributed by atoms with Gasteiger partial charge in [0.25, 0.3) is 0 Å². The average Bonchev–Trinajstić information content (AvgIpc) is 3.44. The highest BCUT2D eigenvalue weighted by Gasteiger charge is 2.43. The zero-order valence-corrected chi connectivity index (χ0v) is 22.2. The summed E-state index contributed by atoms with van der Waals surface area (Å²) in [6, 6.07) is 17.2. The van der Waals surface area contributed by atoms with E-state index in [2.05, 4.69) is 15.0 Å². The summed E-state index contributed by atoms with van der Waals surface area (Å²) < 4.78 is 31.7. The first-order valence-corrected chi connectivity index (χ1v) is 13.4. The minimum atomic E-state index is -0.808. The second-order valence-corrected chi connectivity index (χ2v) is 10.4. The third-order valence-corrected chi connectivity index (χ3v) is 7.17. The number of halogens is 1. The quantitative estimate of drug-likeness (QED) is 0.341. The topological polar surface area (TPSA) is 102 Å². The summed E-state index contributed by atoms with van der Waals surface area (Å²) in [5.41, 5.74) is 1.57. The van der Waals surface area contributed by atoms with Gasteiger partial charge in [-0.05, 0) is 68.7 Å². The fourth-order valence-corrected chi connectivity index (χ4v) is 5.00. The maximum atomic E-state index is 13.7. The molecular weight excluding hydrogens is 513 g/mol. The number of hydrogen-bond acceptors (Lipinski definition) is 7. The number of imidazole rings is 1. The van der Waals surface area contributed by atoms with Gasteiger partial charge in [-0.15, -0.1) is 0 Å². The number of ether oxygens (including phenoxy) is 3. The zero-order chi connectivity index (χ0) is 27.5. The normalized spacial score (nSPS) is 21.2. The van der Waals surface area contributed by atoms with Crippen LogP contribution in [0.3, 0.4) is 0 Å². The molecule has 206 valence electrons. The van der Waals surface area contributed by atoms with Crippen molar-refractivity contribution in [3.63, 3.8) is 0 Å². The van der Waals surface area contributed by atoms with Crippen molar-refractivity contribution in [1.82, 2.24) is 24.8 Å². The molecule has 9 nitrogen and oxygen atoms in total. The summed E-state index contributed by atoms with van der Waals surface area (Å²) >= 11 is 0. The Morgan fingerprint density at radius 1 is 1.00 bits per heavy atom. The zero-order valence-electron chi connectivity index (χ0n) is 22.2. The Hall–Kier alpha value is -4.15. The number of nitrogens with zero attached hydrogens (tertiary/aromatic N) is 4. The molecule has 2 aliphatic rings. The highest BCUT2D eigenvalue weighted by molar-refractivity contribution is 5.83. The Kier molecular flexibility index (Phi) is 7.27. The Morgan fingerprint density at radius 3 is 2.45 bits per heavy atom. The van der Waals surface area contributed by atoms with E-state index in [1.165, 1.54) is 12.1 Å². The first-order valence-electron chi connectivity index (χ1n) is 13.4. The molecule has 2 fully saturated rings. The minimum absolute atomic E-state index is 0.0599. The van der Waals surface area contributed by atoms with Gasteiger partial charge in [0.2, 0.25) is 12.2 Å². The molecule has 0 bridgehead atoms. The Morgan fingerprint density at radius 2 is 1.73 bits per heavy atom. The lowest BCUT2D eigenvalue weighted by Gasteiger charge is -2.40. The number of likely N-dealkylation sites (tertiary alicyclic amines) is 1. The van der Waals surface area contributed by atoms with E-state index in [0.717, 1.165) is 32.4 Å². The van der Waals surface area contributed by atoms with E-state index in [9.17, 15) is 9.18 Å². The number of aromatic nitrogens is 4. The summed E-state index contributed by atoms with van der Waals surface area (Å²) in [5, 5.41) is 0. The second kappa shape index (κ2) is 11.1. The lowest BCUT2D eigenvalue weighted by Crippen LogP contribution is -2.51. The maximum Gasteiger partial charge on any atom is 0.322 e. The van der Waals surface area contributed by atoms with Crippen molar-refractivity contribution in [2.45, 2.75) is 32.5 Å². The molecule has 0 radical (unpaired) electrons. The number of benzene rings is 2. The molecule has 0 atom stereocenters. The highest BCUT2D eigenvalue weighted by atomic mass is 19.1. The number of piperidine rings is 1. The molecule has 0 aliphatic carbocycles. The number of rotatable bonds is 6. The van der Waals surface area contributed by atoms with Crippen LogP contribution in [0.5, 0.6) is 11.8 Å². The van der Waals surface area contributed by atoms with Gasteiger partial charge in [-0.1, -0.05) is 18.2 Å². The van der Waals surface area contributed by atoms with Gasteiger partial charge < -0.3 is 24.1 Å². The predicted molar refractivity (Wildman–Crippen MR) is 145 cm³/mol. The fourth-order valence-electron chi connectivity index (χ4n) is 5.00. The third kappa shape index (κ3) is 5.45. The molecule has 10 heteroatoms. The fraction of sp³-hybridized carbons (Fsp3) is 0.333. The van der Waals surface area contributed by atoms with Gasteiger partial charge in [0.1, 0.15) is 11.6 Å². The van der Waals surface area contributed by atoms with E-state index in [4.69, 9.17) is 19.2 Å². The number of para-hydroxylation sites is 1. The number of carbonyl (C=O) groups is 1. The third-order valence-electron chi connectivity index (χ3n) is 7.17. The van der Waals surface area contributed by atoms with Crippen LogP contribution in [0.2, 0.25) is 0 Å². The molecule has 2 aromatic heterocycles. The van der Waals surface area contributed by atoms with Crippen molar-refractivity contribution in [1.29, 1.82) is 0 Å². The van der Waals surface area contributed by atoms with Crippen LogP contribution >= 0.6 is 0 Å². The van der Waals surface area contributed by atoms with Crippen LogP contribution < -0.4 is 4.74 Å². The van der Waals surface area contributed by atoms with Gasteiger partial charge in [0.15, 0.2) is 5.82 Å². The van der Waals surface area contributed by atoms with Gasteiger partial charge in [-0.25, -0.2) is 14.4 Å².